The summed E-state index contributed by atoms with van der Waals surface area (Å²) < 4.78 is 0.0507. The fourth-order valence-corrected chi connectivity index (χ4v) is 3.03. The Labute approximate surface area is 119 Å². The summed E-state index contributed by atoms with van der Waals surface area (Å²) in [6.07, 6.45) is 3.65. The Morgan fingerprint density at radius 2 is 1.89 bits per heavy atom. The third kappa shape index (κ3) is 10.9. The van der Waals surface area contributed by atoms with E-state index >= 15 is 0 Å². The predicted octanol–water partition coefficient (Wildman–Crippen LogP) is 1.38. The second-order valence-electron chi connectivity index (χ2n) is 4.49. The predicted molar refractivity (Wildman–Crippen MR) is 75.8 cm³/mol. The van der Waals surface area contributed by atoms with Gasteiger partial charge in [-0.3, -0.25) is 4.79 Å². The van der Waals surface area contributed by atoms with Crippen LogP contribution in [0.4, 0.5) is 0 Å². The molecule has 112 valence electrons. The smallest absolute Gasteiger partial charge is 0.373 e. The van der Waals surface area contributed by atoms with Gasteiger partial charge >= 0.3 is 6.15 Å². The van der Waals surface area contributed by atoms with Crippen LogP contribution in [-0.4, -0.2) is 40.2 Å². The van der Waals surface area contributed by atoms with E-state index in [0.29, 0.717) is 12.2 Å². The summed E-state index contributed by atoms with van der Waals surface area (Å²) in [7, 11) is 0. The van der Waals surface area contributed by atoms with Crippen LogP contribution in [0.15, 0.2) is 0 Å². The van der Waals surface area contributed by atoms with Crippen molar-refractivity contribution < 1.29 is 19.5 Å². The van der Waals surface area contributed by atoms with E-state index in [2.05, 4.69) is 13.8 Å². The number of aliphatic hydroxyl groups is 1. The van der Waals surface area contributed by atoms with Gasteiger partial charge in [-0.25, -0.2) is 0 Å². The average Bonchev–Trinajstić information content (AvgIpc) is 2.36. The molecule has 6 heteroatoms. The third-order valence-electron chi connectivity index (χ3n) is 2.79. The molecule has 0 bridgehead atoms. The van der Waals surface area contributed by atoms with Gasteiger partial charge in [-0.05, 0) is 12.8 Å². The molecule has 5 nitrogen and oxygen atoms in total. The monoisotopic (exact) mass is 291 g/mol. The highest BCUT2D eigenvalue weighted by molar-refractivity contribution is 8.00. The van der Waals surface area contributed by atoms with Crippen LogP contribution >= 0.6 is 11.8 Å². The second-order valence-corrected chi connectivity index (χ2v) is 6.10. The molecule has 0 aliphatic heterocycles. The quantitative estimate of drug-likeness (QED) is 0.666. The first-order valence-electron chi connectivity index (χ1n) is 6.43. The molecule has 0 spiro atoms. The van der Waals surface area contributed by atoms with E-state index in [1.807, 2.05) is 6.92 Å². The van der Waals surface area contributed by atoms with Crippen LogP contribution in [0.2, 0.25) is 0 Å². The van der Waals surface area contributed by atoms with Crippen LogP contribution in [0.1, 0.15) is 46.5 Å². The number of carbonyl (C=O) groups is 1. The molecule has 0 aliphatic carbocycles. The van der Waals surface area contributed by atoms with Gasteiger partial charge in [0.25, 0.3) is 0 Å². The molecule has 0 saturated carbocycles. The van der Waals surface area contributed by atoms with Crippen LogP contribution in [-0.2, 0) is 14.4 Å². The van der Waals surface area contributed by atoms with Crippen LogP contribution in [0.3, 0.4) is 0 Å². The summed E-state index contributed by atoms with van der Waals surface area (Å²) in [6, 6.07) is -0.357. The molecule has 0 fully saturated rings. The van der Waals surface area contributed by atoms with Crippen molar-refractivity contribution in [2.24, 2.45) is 5.73 Å². The molecule has 0 aliphatic rings. The van der Waals surface area contributed by atoms with Gasteiger partial charge in [0.2, 0.25) is 0 Å². The largest absolute Gasteiger partial charge is 0.396 e. The minimum atomic E-state index is -0.357. The lowest BCUT2D eigenvalue weighted by Gasteiger charge is -2.29. The lowest BCUT2D eigenvalue weighted by molar-refractivity contribution is -0.191. The fourth-order valence-electron chi connectivity index (χ4n) is 1.68. The maximum absolute atomic E-state index is 11.4. The maximum Gasteiger partial charge on any atom is 0.373 e. The van der Waals surface area contributed by atoms with Crippen LogP contribution in [0.5, 0.6) is 0 Å². The molecule has 0 radical (unpaired) electrons. The Morgan fingerprint density at radius 3 is 2.26 bits per heavy atom. The van der Waals surface area contributed by atoms with Gasteiger partial charge in [-0.1, -0.05) is 27.2 Å². The summed E-state index contributed by atoms with van der Waals surface area (Å²) in [5.74, 6) is 0.777. The van der Waals surface area contributed by atoms with Crippen LogP contribution in [0, 0.1) is 0 Å². The highest BCUT2D eigenvalue weighted by Crippen LogP contribution is 2.33. The van der Waals surface area contributed by atoms with Crippen LogP contribution < -0.4 is 5.73 Å². The molecule has 0 amide bonds. The first-order valence-corrected chi connectivity index (χ1v) is 7.41. The number of nitrogens with two attached hydrogens (primary N) is 1. The van der Waals surface area contributed by atoms with Crippen molar-refractivity contribution in [1.82, 2.24) is 0 Å². The van der Waals surface area contributed by atoms with Crippen molar-refractivity contribution in [3.63, 3.8) is 0 Å². The normalized spacial score (nSPS) is 14.6. The lowest BCUT2D eigenvalue weighted by atomic mass is 10.0. The van der Waals surface area contributed by atoms with Gasteiger partial charge in [0, 0.05) is 23.5 Å². The number of hydrogen-bond acceptors (Lipinski definition) is 6. The van der Waals surface area contributed by atoms with Crippen molar-refractivity contribution in [3.8, 4) is 0 Å². The van der Waals surface area contributed by atoms with Gasteiger partial charge in [0.15, 0.2) is 0 Å². The molecular weight excluding hydrogens is 266 g/mol. The maximum atomic E-state index is 11.4. The first kappa shape index (κ1) is 20.6. The zero-order valence-electron chi connectivity index (χ0n) is 12.0. The summed E-state index contributed by atoms with van der Waals surface area (Å²) in [4.78, 5) is 27.6. The van der Waals surface area contributed by atoms with Gasteiger partial charge in [0.05, 0.1) is 6.04 Å². The molecule has 3 N–H and O–H groups in total. The minimum Gasteiger partial charge on any atom is -0.396 e. The van der Waals surface area contributed by atoms with E-state index in [-0.39, 0.29) is 29.3 Å². The summed E-state index contributed by atoms with van der Waals surface area (Å²) in [6.45, 7) is 6.31. The topological polar surface area (TPSA) is 97.5 Å². The molecule has 0 aromatic carbocycles. The molecule has 0 rings (SSSR count). The highest BCUT2D eigenvalue weighted by atomic mass is 32.2. The second kappa shape index (κ2) is 12.4. The average molecular weight is 291 g/mol. The number of rotatable bonds is 9. The molecule has 0 saturated heterocycles. The van der Waals surface area contributed by atoms with Crippen molar-refractivity contribution in [2.45, 2.75) is 57.2 Å². The Hall–Kier alpha value is -0.680. The fraction of sp³-hybridized carbons (Fsp3) is 0.846. The molecule has 19 heavy (non-hydrogen) atoms. The number of ketones is 1. The number of aliphatic hydroxyl groups excluding tert-OH is 1. The Kier molecular flexibility index (Phi) is 13.4. The number of hydrogen-bond donors (Lipinski definition) is 2. The zero-order valence-corrected chi connectivity index (χ0v) is 12.8. The zero-order chi connectivity index (χ0) is 15.3. The van der Waals surface area contributed by atoms with Crippen LogP contribution in [0.25, 0.3) is 0 Å². The molecule has 0 aromatic heterocycles. The first-order chi connectivity index (χ1) is 8.90. The lowest BCUT2D eigenvalue weighted by Crippen LogP contribution is -2.35. The molecular formula is C13H25NO4S. The number of carbonyl (C=O) groups excluding carboxylic acids is 3. The van der Waals surface area contributed by atoms with Crippen molar-refractivity contribution in [1.29, 1.82) is 0 Å². The van der Waals surface area contributed by atoms with Crippen molar-refractivity contribution in [2.75, 3.05) is 12.4 Å². The van der Waals surface area contributed by atoms with Gasteiger partial charge < -0.3 is 10.8 Å². The Morgan fingerprint density at radius 1 is 1.37 bits per heavy atom. The molecule has 2 atom stereocenters. The Bertz CT molecular complexity index is 272. The SMILES string of the molecule is CCCC(C)(CCO)SC[C@H](N)C(=O)CC.O=C=O. The van der Waals surface area contributed by atoms with Crippen molar-refractivity contribution in [3.05, 3.63) is 0 Å². The van der Waals surface area contributed by atoms with Gasteiger partial charge in [-0.2, -0.15) is 21.4 Å². The standard InChI is InChI=1S/C12H25NO2S.CO2/c1-4-6-12(3,7-8-14)16-9-10(13)11(15)5-2;2-1-3/h10,14H,4-9,13H2,1-3H3;/t10-,12?;/m0./s1. The van der Waals surface area contributed by atoms with E-state index in [4.69, 9.17) is 20.4 Å². The van der Waals surface area contributed by atoms with E-state index in [0.717, 1.165) is 19.3 Å². The molecule has 0 heterocycles. The summed E-state index contributed by atoms with van der Waals surface area (Å²) >= 11 is 1.72. The summed E-state index contributed by atoms with van der Waals surface area (Å²) in [5, 5.41) is 9.04. The van der Waals surface area contributed by atoms with Gasteiger partial charge in [0.1, 0.15) is 5.78 Å². The van der Waals surface area contributed by atoms with E-state index in [1.54, 1.807) is 11.8 Å². The van der Waals surface area contributed by atoms with E-state index in [1.165, 1.54) is 0 Å². The minimum absolute atomic E-state index is 0.0507. The van der Waals surface area contributed by atoms with Gasteiger partial charge in [-0.15, -0.1) is 0 Å². The summed E-state index contributed by atoms with van der Waals surface area (Å²) in [5.41, 5.74) is 5.79. The van der Waals surface area contributed by atoms with E-state index in [9.17, 15) is 4.79 Å². The van der Waals surface area contributed by atoms with Crippen molar-refractivity contribution >= 4 is 23.7 Å². The Balaban J connectivity index is 0. The highest BCUT2D eigenvalue weighted by Gasteiger charge is 2.25. The third-order valence-corrected chi connectivity index (χ3v) is 4.42. The molecule has 1 unspecified atom stereocenters. The number of Topliss-reactive ketones (excluding diaryl/α,β-unsaturated/α-hetero) is 1. The number of thioether (sulfide) groups is 1. The van der Waals surface area contributed by atoms with E-state index < -0.39 is 0 Å². The molecule has 0 aromatic rings.